The smallest absolute Gasteiger partial charge is 0.247 e. The first-order valence-electron chi connectivity index (χ1n) is 12.5. The Labute approximate surface area is 217 Å². The SMILES string of the molecule is CC[C@@H](C(=O)NCCC(C)C)N(Cc1ccccc1)C(=O)Cn1nnc(-c2ccc(OC)c(OC)c2)n1. The lowest BCUT2D eigenvalue weighted by molar-refractivity contribution is -0.142. The lowest BCUT2D eigenvalue weighted by atomic mass is 10.1. The number of methoxy groups -OCH3 is 2. The van der Waals surface area contributed by atoms with Gasteiger partial charge in [0.25, 0.3) is 0 Å². The summed E-state index contributed by atoms with van der Waals surface area (Å²) < 4.78 is 10.6. The first kappa shape index (κ1) is 27.6. The Balaban J connectivity index is 1.80. The van der Waals surface area contributed by atoms with Crippen molar-refractivity contribution in [2.75, 3.05) is 20.8 Å². The first-order chi connectivity index (χ1) is 17.9. The second-order valence-electron chi connectivity index (χ2n) is 9.12. The van der Waals surface area contributed by atoms with Gasteiger partial charge in [0.1, 0.15) is 12.6 Å². The van der Waals surface area contributed by atoms with Gasteiger partial charge in [0.15, 0.2) is 11.5 Å². The number of rotatable bonds is 13. The molecule has 1 heterocycles. The number of aromatic nitrogens is 4. The Hall–Kier alpha value is -3.95. The summed E-state index contributed by atoms with van der Waals surface area (Å²) in [5, 5.41) is 15.6. The number of ether oxygens (including phenoxy) is 2. The van der Waals surface area contributed by atoms with Gasteiger partial charge >= 0.3 is 0 Å². The van der Waals surface area contributed by atoms with Crippen LogP contribution >= 0.6 is 0 Å². The number of nitrogens with one attached hydrogen (secondary N) is 1. The van der Waals surface area contributed by atoms with Crippen LogP contribution in [0.4, 0.5) is 0 Å². The Morgan fingerprint density at radius 3 is 2.43 bits per heavy atom. The van der Waals surface area contributed by atoms with E-state index in [2.05, 4.69) is 34.6 Å². The quantitative estimate of drug-likeness (QED) is 0.377. The topological polar surface area (TPSA) is 111 Å². The van der Waals surface area contributed by atoms with Crippen molar-refractivity contribution in [1.29, 1.82) is 0 Å². The molecule has 0 unspecified atom stereocenters. The predicted molar refractivity (Wildman–Crippen MR) is 140 cm³/mol. The maximum atomic E-state index is 13.5. The van der Waals surface area contributed by atoms with Gasteiger partial charge in [-0.25, -0.2) is 0 Å². The molecule has 10 heteroatoms. The summed E-state index contributed by atoms with van der Waals surface area (Å²) >= 11 is 0. The van der Waals surface area contributed by atoms with Crippen molar-refractivity contribution in [3.8, 4) is 22.9 Å². The molecule has 1 aromatic heterocycles. The van der Waals surface area contributed by atoms with Crippen molar-refractivity contribution in [1.82, 2.24) is 30.4 Å². The second kappa shape index (κ2) is 13.4. The summed E-state index contributed by atoms with van der Waals surface area (Å²) in [7, 11) is 3.11. The van der Waals surface area contributed by atoms with Gasteiger partial charge in [-0.3, -0.25) is 9.59 Å². The summed E-state index contributed by atoms with van der Waals surface area (Å²) in [5.74, 6) is 1.51. The first-order valence-corrected chi connectivity index (χ1v) is 12.5. The molecule has 1 N–H and O–H groups in total. The summed E-state index contributed by atoms with van der Waals surface area (Å²) in [6.07, 6.45) is 1.35. The van der Waals surface area contributed by atoms with E-state index in [-0.39, 0.29) is 18.4 Å². The van der Waals surface area contributed by atoms with Crippen molar-refractivity contribution >= 4 is 11.8 Å². The van der Waals surface area contributed by atoms with Gasteiger partial charge in [-0.15, -0.1) is 10.2 Å². The van der Waals surface area contributed by atoms with Crippen LogP contribution in [-0.2, 0) is 22.7 Å². The van der Waals surface area contributed by atoms with E-state index < -0.39 is 6.04 Å². The third kappa shape index (κ3) is 7.52. The van der Waals surface area contributed by atoms with Crippen LogP contribution in [0, 0.1) is 5.92 Å². The fraction of sp³-hybridized carbons (Fsp3) is 0.444. The minimum atomic E-state index is -0.617. The molecule has 2 amide bonds. The molecule has 0 bridgehead atoms. The fourth-order valence-electron chi connectivity index (χ4n) is 3.91. The molecular weight excluding hydrogens is 472 g/mol. The van der Waals surface area contributed by atoms with E-state index in [0.29, 0.717) is 48.3 Å². The van der Waals surface area contributed by atoms with Gasteiger partial charge in [-0.05, 0) is 47.7 Å². The van der Waals surface area contributed by atoms with Gasteiger partial charge in [0, 0.05) is 18.7 Å². The van der Waals surface area contributed by atoms with Gasteiger partial charge < -0.3 is 19.7 Å². The number of nitrogens with zero attached hydrogens (tertiary/aromatic N) is 5. The molecule has 37 heavy (non-hydrogen) atoms. The van der Waals surface area contributed by atoms with E-state index in [0.717, 1.165) is 12.0 Å². The number of hydrogen-bond acceptors (Lipinski definition) is 7. The van der Waals surface area contributed by atoms with Crippen molar-refractivity contribution in [3.05, 3.63) is 54.1 Å². The molecule has 3 aromatic rings. The minimum Gasteiger partial charge on any atom is -0.493 e. The molecular formula is C27H36N6O4. The predicted octanol–water partition coefficient (Wildman–Crippen LogP) is 3.33. The molecule has 0 radical (unpaired) electrons. The molecule has 0 aliphatic carbocycles. The van der Waals surface area contributed by atoms with Crippen LogP contribution in [0.1, 0.15) is 39.2 Å². The second-order valence-corrected chi connectivity index (χ2v) is 9.12. The number of tetrazole rings is 1. The molecule has 0 aliphatic rings. The Kier molecular flexibility index (Phi) is 10.00. The largest absolute Gasteiger partial charge is 0.493 e. The standard InChI is InChI=1S/C27H36N6O4/c1-6-22(27(35)28-15-14-19(2)3)32(17-20-10-8-7-9-11-20)25(34)18-33-30-26(29-31-33)21-12-13-23(36-4)24(16-21)37-5/h7-13,16,19,22H,6,14-15,17-18H2,1-5H3,(H,28,35)/t22-/m0/s1. The average molecular weight is 509 g/mol. The van der Waals surface area contributed by atoms with Crippen LogP contribution in [0.5, 0.6) is 11.5 Å². The number of carbonyl (C=O) groups excluding carboxylic acids is 2. The highest BCUT2D eigenvalue weighted by Crippen LogP contribution is 2.30. The number of carbonyl (C=O) groups is 2. The van der Waals surface area contributed by atoms with E-state index in [1.165, 1.54) is 4.80 Å². The zero-order valence-electron chi connectivity index (χ0n) is 22.2. The normalized spacial score (nSPS) is 11.7. The molecule has 1 atom stereocenters. The molecule has 198 valence electrons. The molecule has 0 saturated heterocycles. The van der Waals surface area contributed by atoms with Crippen molar-refractivity contribution in [2.45, 2.75) is 52.7 Å². The molecule has 10 nitrogen and oxygen atoms in total. The van der Waals surface area contributed by atoms with Crippen molar-refractivity contribution in [2.24, 2.45) is 5.92 Å². The summed E-state index contributed by atoms with van der Waals surface area (Å²) in [4.78, 5) is 29.4. The maximum Gasteiger partial charge on any atom is 0.247 e. The molecule has 0 aliphatic heterocycles. The number of hydrogen-bond donors (Lipinski definition) is 1. The monoisotopic (exact) mass is 508 g/mol. The van der Waals surface area contributed by atoms with E-state index in [9.17, 15) is 9.59 Å². The Morgan fingerprint density at radius 1 is 1.05 bits per heavy atom. The third-order valence-electron chi connectivity index (χ3n) is 5.97. The average Bonchev–Trinajstić information content (AvgIpc) is 3.36. The van der Waals surface area contributed by atoms with Crippen molar-refractivity contribution < 1.29 is 19.1 Å². The zero-order valence-corrected chi connectivity index (χ0v) is 22.2. The van der Waals surface area contributed by atoms with E-state index in [1.54, 1.807) is 37.3 Å². The summed E-state index contributed by atoms with van der Waals surface area (Å²) in [5.41, 5.74) is 1.61. The highest BCUT2D eigenvalue weighted by Gasteiger charge is 2.29. The van der Waals surface area contributed by atoms with E-state index in [4.69, 9.17) is 9.47 Å². The van der Waals surface area contributed by atoms with Gasteiger partial charge in [0.05, 0.1) is 14.2 Å². The van der Waals surface area contributed by atoms with Crippen LogP contribution in [0.3, 0.4) is 0 Å². The highest BCUT2D eigenvalue weighted by molar-refractivity contribution is 5.87. The lowest BCUT2D eigenvalue weighted by Gasteiger charge is -2.30. The zero-order chi connectivity index (χ0) is 26.8. The van der Waals surface area contributed by atoms with Gasteiger partial charge in [-0.1, -0.05) is 51.1 Å². The van der Waals surface area contributed by atoms with Crippen LogP contribution in [0.15, 0.2) is 48.5 Å². The fourth-order valence-corrected chi connectivity index (χ4v) is 3.91. The summed E-state index contributed by atoms with van der Waals surface area (Å²) in [6.45, 7) is 6.84. The Morgan fingerprint density at radius 2 is 1.78 bits per heavy atom. The molecule has 2 aromatic carbocycles. The summed E-state index contributed by atoms with van der Waals surface area (Å²) in [6, 6.07) is 14.3. The lowest BCUT2D eigenvalue weighted by Crippen LogP contribution is -2.50. The highest BCUT2D eigenvalue weighted by atomic mass is 16.5. The third-order valence-corrected chi connectivity index (χ3v) is 5.97. The Bertz CT molecular complexity index is 1160. The molecule has 3 rings (SSSR count). The maximum absolute atomic E-state index is 13.5. The van der Waals surface area contributed by atoms with Crippen LogP contribution in [-0.4, -0.2) is 63.7 Å². The number of benzene rings is 2. The molecule has 0 saturated carbocycles. The van der Waals surface area contributed by atoms with Gasteiger partial charge in [0.2, 0.25) is 17.6 Å². The van der Waals surface area contributed by atoms with Crippen LogP contribution in [0.25, 0.3) is 11.4 Å². The molecule has 0 fully saturated rings. The minimum absolute atomic E-state index is 0.150. The van der Waals surface area contributed by atoms with E-state index in [1.807, 2.05) is 37.3 Å². The molecule has 0 spiro atoms. The van der Waals surface area contributed by atoms with Crippen LogP contribution in [0.2, 0.25) is 0 Å². The number of amides is 2. The van der Waals surface area contributed by atoms with E-state index >= 15 is 0 Å². The van der Waals surface area contributed by atoms with Crippen LogP contribution < -0.4 is 14.8 Å². The van der Waals surface area contributed by atoms with Gasteiger partial charge in [-0.2, -0.15) is 4.80 Å². The van der Waals surface area contributed by atoms with Crippen molar-refractivity contribution in [3.63, 3.8) is 0 Å².